The summed E-state index contributed by atoms with van der Waals surface area (Å²) in [7, 11) is -2.96. The second kappa shape index (κ2) is 5.62. The van der Waals surface area contributed by atoms with Crippen LogP contribution < -0.4 is 11.2 Å². The molecule has 9 heteroatoms. The van der Waals surface area contributed by atoms with Gasteiger partial charge in [0.05, 0.1) is 12.7 Å². The van der Waals surface area contributed by atoms with Crippen molar-refractivity contribution in [2.75, 3.05) is 6.61 Å². The molecule has 1 aromatic heterocycles. The number of nitrogens with zero attached hydrogens (tertiary/aromatic N) is 1. The summed E-state index contributed by atoms with van der Waals surface area (Å²) in [5.74, 6) is 0. The maximum absolute atomic E-state index is 11.5. The largest absolute Gasteiger partial charge is 0.352 e. The first-order valence-electron chi connectivity index (χ1n) is 5.39. The molecule has 0 radical (unpaired) electrons. The van der Waals surface area contributed by atoms with Gasteiger partial charge in [-0.15, -0.1) is 0 Å². The van der Waals surface area contributed by atoms with E-state index < -0.39 is 25.7 Å². The summed E-state index contributed by atoms with van der Waals surface area (Å²) < 4.78 is 21.8. The van der Waals surface area contributed by atoms with Gasteiger partial charge in [-0.3, -0.25) is 18.9 Å². The molecule has 2 rings (SSSR count). The summed E-state index contributed by atoms with van der Waals surface area (Å²) in [5, 5.41) is 0. The lowest BCUT2D eigenvalue weighted by Gasteiger charge is -2.14. The van der Waals surface area contributed by atoms with Crippen molar-refractivity contribution < 1.29 is 18.7 Å². The van der Waals surface area contributed by atoms with Crippen molar-refractivity contribution in [2.24, 2.45) is 0 Å². The number of nitrogens with one attached hydrogen (secondary N) is 1. The van der Waals surface area contributed by atoms with Gasteiger partial charge in [0.1, 0.15) is 6.23 Å². The summed E-state index contributed by atoms with van der Waals surface area (Å²) >= 11 is 0. The van der Waals surface area contributed by atoms with Crippen molar-refractivity contribution >= 4 is 8.25 Å². The summed E-state index contributed by atoms with van der Waals surface area (Å²) in [5.41, 5.74) is -1.00. The molecule has 2 heterocycles. The van der Waals surface area contributed by atoms with E-state index in [0.29, 0.717) is 12.8 Å². The van der Waals surface area contributed by atoms with Gasteiger partial charge in [-0.2, -0.15) is 0 Å². The van der Waals surface area contributed by atoms with E-state index in [1.807, 2.05) is 0 Å². The summed E-state index contributed by atoms with van der Waals surface area (Å²) in [6, 6.07) is 1.24. The quantitative estimate of drug-likeness (QED) is 0.725. The van der Waals surface area contributed by atoms with Crippen LogP contribution in [-0.2, 0) is 13.8 Å². The molecule has 0 aliphatic carbocycles. The average Bonchev–Trinajstić information content (AvgIpc) is 2.75. The van der Waals surface area contributed by atoms with Crippen LogP contribution in [0.1, 0.15) is 19.1 Å². The Hall–Kier alpha value is -1.21. The molecule has 2 N–H and O–H groups in total. The second-order valence-corrected chi connectivity index (χ2v) is 4.70. The lowest BCUT2D eigenvalue weighted by Crippen LogP contribution is -2.31. The van der Waals surface area contributed by atoms with Crippen LogP contribution in [0, 0.1) is 0 Å². The molecule has 1 fully saturated rings. The molecule has 0 bridgehead atoms. The third-order valence-corrected chi connectivity index (χ3v) is 3.05. The molecule has 18 heavy (non-hydrogen) atoms. The molecule has 1 aliphatic rings. The highest BCUT2D eigenvalue weighted by molar-refractivity contribution is 7.32. The minimum absolute atomic E-state index is 0.0168. The van der Waals surface area contributed by atoms with Crippen molar-refractivity contribution in [3.8, 4) is 0 Å². The Bertz CT molecular complexity index is 552. The minimum Gasteiger partial charge on any atom is -0.352 e. The predicted molar refractivity (Wildman–Crippen MR) is 61.6 cm³/mol. The first-order valence-corrected chi connectivity index (χ1v) is 6.65. The number of hydrogen-bond acceptors (Lipinski definition) is 5. The van der Waals surface area contributed by atoms with Crippen LogP contribution in [0.25, 0.3) is 0 Å². The van der Waals surface area contributed by atoms with Gasteiger partial charge >= 0.3 is 13.9 Å². The maximum Gasteiger partial charge on any atom is 0.330 e. The third kappa shape index (κ3) is 3.17. The fourth-order valence-electron chi connectivity index (χ4n) is 1.83. The van der Waals surface area contributed by atoms with E-state index >= 15 is 0 Å². The molecule has 0 saturated carbocycles. The molecule has 1 aliphatic heterocycles. The average molecular weight is 276 g/mol. The highest BCUT2D eigenvalue weighted by atomic mass is 31.1. The number of H-pyrrole nitrogens is 1. The first-order chi connectivity index (χ1) is 8.56. The highest BCUT2D eigenvalue weighted by Crippen LogP contribution is 2.28. The van der Waals surface area contributed by atoms with E-state index in [2.05, 4.69) is 9.51 Å². The standard InChI is InChI=1S/C9H13N2O6P/c12-7-3-4-11(9(13)10-7)8-2-1-6(17-8)5-16-18(14)15/h3-4,6,8,18H,1-2,5H2,(H,14,15)(H,10,12,13)/t6?,8-/m0/s1. The third-order valence-electron chi connectivity index (χ3n) is 2.64. The molecular formula is C9H13N2O6P. The highest BCUT2D eigenvalue weighted by Gasteiger charge is 2.27. The van der Waals surface area contributed by atoms with Crippen LogP contribution in [0.3, 0.4) is 0 Å². The maximum atomic E-state index is 11.5. The molecule has 1 saturated heterocycles. The second-order valence-electron chi connectivity index (χ2n) is 3.88. The van der Waals surface area contributed by atoms with Crippen molar-refractivity contribution in [3.63, 3.8) is 0 Å². The summed E-state index contributed by atoms with van der Waals surface area (Å²) in [4.78, 5) is 33.1. The number of rotatable bonds is 4. The summed E-state index contributed by atoms with van der Waals surface area (Å²) in [6.07, 6.45) is 1.75. The zero-order valence-electron chi connectivity index (χ0n) is 9.37. The van der Waals surface area contributed by atoms with Gasteiger partial charge in [-0.05, 0) is 12.8 Å². The van der Waals surface area contributed by atoms with Gasteiger partial charge < -0.3 is 14.2 Å². The Kier molecular flexibility index (Phi) is 4.13. The van der Waals surface area contributed by atoms with Crippen molar-refractivity contribution in [1.29, 1.82) is 0 Å². The van der Waals surface area contributed by atoms with Gasteiger partial charge in [0.2, 0.25) is 0 Å². The van der Waals surface area contributed by atoms with Gasteiger partial charge in [-0.1, -0.05) is 0 Å². The lowest BCUT2D eigenvalue weighted by atomic mass is 10.2. The van der Waals surface area contributed by atoms with E-state index in [4.69, 9.17) is 9.63 Å². The van der Waals surface area contributed by atoms with Crippen LogP contribution in [0.4, 0.5) is 0 Å². The van der Waals surface area contributed by atoms with Crippen molar-refractivity contribution in [1.82, 2.24) is 9.55 Å². The lowest BCUT2D eigenvalue weighted by molar-refractivity contribution is -0.0203. The SMILES string of the molecule is O=c1ccn([C@@H]2CCC(CO[PH](=O)O)O2)c(=O)[nH]1. The molecule has 0 amide bonds. The zero-order valence-corrected chi connectivity index (χ0v) is 10.4. The van der Waals surface area contributed by atoms with Crippen LogP contribution >= 0.6 is 8.25 Å². The van der Waals surface area contributed by atoms with E-state index in [1.165, 1.54) is 16.8 Å². The van der Waals surface area contributed by atoms with E-state index in [9.17, 15) is 14.2 Å². The minimum atomic E-state index is -2.96. The number of ether oxygens (including phenoxy) is 1. The van der Waals surface area contributed by atoms with Crippen LogP contribution in [0.5, 0.6) is 0 Å². The fourth-order valence-corrected chi connectivity index (χ4v) is 2.16. The van der Waals surface area contributed by atoms with Gasteiger partial charge in [0.25, 0.3) is 5.56 Å². The Morgan fingerprint density at radius 1 is 1.56 bits per heavy atom. The number of aromatic amines is 1. The monoisotopic (exact) mass is 276 g/mol. The number of hydrogen-bond donors (Lipinski definition) is 2. The Morgan fingerprint density at radius 2 is 2.33 bits per heavy atom. The molecule has 100 valence electrons. The van der Waals surface area contributed by atoms with Crippen LogP contribution in [0.15, 0.2) is 21.9 Å². The van der Waals surface area contributed by atoms with Crippen LogP contribution in [0.2, 0.25) is 0 Å². The molecule has 1 aromatic rings. The normalized spacial score (nSPS) is 25.2. The van der Waals surface area contributed by atoms with Crippen molar-refractivity contribution in [3.05, 3.63) is 33.1 Å². The smallest absolute Gasteiger partial charge is 0.330 e. The Labute approximate surface area is 102 Å². The molecular weight excluding hydrogens is 263 g/mol. The van der Waals surface area contributed by atoms with Crippen LogP contribution in [-0.4, -0.2) is 27.2 Å². The van der Waals surface area contributed by atoms with Gasteiger partial charge in [-0.25, -0.2) is 4.79 Å². The first kappa shape index (κ1) is 13.2. The van der Waals surface area contributed by atoms with Crippen molar-refractivity contribution in [2.45, 2.75) is 25.2 Å². The molecule has 2 unspecified atom stereocenters. The fraction of sp³-hybridized carbons (Fsp3) is 0.556. The number of aromatic nitrogens is 2. The van der Waals surface area contributed by atoms with E-state index in [1.54, 1.807) is 0 Å². The Balaban J connectivity index is 2.02. The summed E-state index contributed by atoms with van der Waals surface area (Å²) in [6.45, 7) is 0.0168. The topological polar surface area (TPSA) is 111 Å². The molecule has 3 atom stereocenters. The van der Waals surface area contributed by atoms with E-state index in [-0.39, 0.29) is 12.7 Å². The zero-order chi connectivity index (χ0) is 13.1. The molecule has 0 aromatic carbocycles. The van der Waals surface area contributed by atoms with E-state index in [0.717, 1.165) is 0 Å². The van der Waals surface area contributed by atoms with Gasteiger partial charge in [0, 0.05) is 12.3 Å². The predicted octanol–water partition coefficient (Wildman–Crippen LogP) is -0.387. The van der Waals surface area contributed by atoms with Gasteiger partial charge in [0.15, 0.2) is 0 Å². The Morgan fingerprint density at radius 3 is 3.00 bits per heavy atom. The molecule has 8 nitrogen and oxygen atoms in total. The molecule has 0 spiro atoms.